The molecule has 1 aromatic rings. The molecule has 1 rings (SSSR count). The maximum absolute atomic E-state index is 13.6. The van der Waals surface area contributed by atoms with Gasteiger partial charge in [0.2, 0.25) is 10.0 Å². The molecule has 0 unspecified atom stereocenters. The number of ether oxygens (including phenoxy) is 1. The van der Waals surface area contributed by atoms with Gasteiger partial charge in [-0.25, -0.2) is 21.9 Å². The molecule has 0 fully saturated rings. The summed E-state index contributed by atoms with van der Waals surface area (Å²) in [4.78, 5) is -0.708. The highest BCUT2D eigenvalue weighted by atomic mass is 32.2. The predicted octanol–water partition coefficient (Wildman–Crippen LogP) is 1.52. The Morgan fingerprint density at radius 1 is 1.24 bits per heavy atom. The number of nitrogens with two attached hydrogens (primary N) is 1. The lowest BCUT2D eigenvalue weighted by Crippen LogP contribution is -2.26. The first kappa shape index (κ1) is 18.0. The molecule has 8 heteroatoms. The first-order valence-electron chi connectivity index (χ1n) is 6.59. The lowest BCUT2D eigenvalue weighted by molar-refractivity contribution is 0.192. The van der Waals surface area contributed by atoms with E-state index in [0.717, 1.165) is 25.0 Å². The van der Waals surface area contributed by atoms with Gasteiger partial charge < -0.3 is 10.5 Å². The highest BCUT2D eigenvalue weighted by Crippen LogP contribution is 2.19. The second kappa shape index (κ2) is 8.38. The zero-order chi connectivity index (χ0) is 15.9. The average Bonchev–Trinajstić information content (AvgIpc) is 2.45. The van der Waals surface area contributed by atoms with Crippen molar-refractivity contribution in [3.05, 3.63) is 29.3 Å². The average molecular weight is 322 g/mol. The lowest BCUT2D eigenvalue weighted by atomic mass is 10.2. The molecule has 1 aromatic carbocycles. The molecule has 0 bridgehead atoms. The molecule has 5 nitrogen and oxygen atoms in total. The molecular formula is C13H20F2N2O3S. The minimum atomic E-state index is -4.09. The van der Waals surface area contributed by atoms with Gasteiger partial charge in [0.25, 0.3) is 0 Å². The smallest absolute Gasteiger partial charge is 0.243 e. The quantitative estimate of drug-likeness (QED) is 0.675. The number of nitrogens with one attached hydrogen (secondary N) is 1. The Balaban J connectivity index is 2.72. The third kappa shape index (κ3) is 5.31. The third-order valence-electron chi connectivity index (χ3n) is 2.90. The van der Waals surface area contributed by atoms with Gasteiger partial charge in [-0.05, 0) is 37.0 Å². The number of methoxy groups -OCH3 is 1. The summed E-state index contributed by atoms with van der Waals surface area (Å²) in [5.41, 5.74) is 5.55. The van der Waals surface area contributed by atoms with Crippen molar-refractivity contribution in [3.63, 3.8) is 0 Å². The molecule has 0 radical (unpaired) electrons. The van der Waals surface area contributed by atoms with E-state index in [1.165, 1.54) is 0 Å². The van der Waals surface area contributed by atoms with Gasteiger partial charge in [0.1, 0.15) is 4.90 Å². The van der Waals surface area contributed by atoms with Crippen LogP contribution >= 0.6 is 0 Å². The molecule has 0 aliphatic heterocycles. The van der Waals surface area contributed by atoms with Crippen molar-refractivity contribution in [1.29, 1.82) is 0 Å². The molecule has 21 heavy (non-hydrogen) atoms. The highest BCUT2D eigenvalue weighted by Gasteiger charge is 2.22. The zero-order valence-electron chi connectivity index (χ0n) is 11.9. The normalized spacial score (nSPS) is 11.8. The van der Waals surface area contributed by atoms with E-state index in [0.29, 0.717) is 13.0 Å². The lowest BCUT2D eigenvalue weighted by Gasteiger charge is -2.09. The van der Waals surface area contributed by atoms with Crippen LogP contribution in [-0.4, -0.2) is 28.7 Å². The molecule has 0 atom stereocenters. The summed E-state index contributed by atoms with van der Waals surface area (Å²) in [5, 5.41) is 0. The van der Waals surface area contributed by atoms with Crippen LogP contribution in [0.25, 0.3) is 0 Å². The van der Waals surface area contributed by atoms with Crippen LogP contribution in [-0.2, 0) is 21.3 Å². The van der Waals surface area contributed by atoms with Crippen molar-refractivity contribution >= 4 is 10.0 Å². The Kier molecular flexibility index (Phi) is 7.16. The molecule has 0 saturated heterocycles. The standard InChI is InChI=1S/C13H20F2N2O3S/c1-20-6-4-2-3-5-17-21(18,19)12-8-10(9-16)7-11(14)13(12)15/h7-8,17H,2-6,9,16H2,1H3. The van der Waals surface area contributed by atoms with Crippen molar-refractivity contribution < 1.29 is 21.9 Å². The molecule has 3 N–H and O–H groups in total. The van der Waals surface area contributed by atoms with Gasteiger partial charge in [-0.3, -0.25) is 0 Å². The highest BCUT2D eigenvalue weighted by molar-refractivity contribution is 7.89. The second-order valence-electron chi connectivity index (χ2n) is 4.55. The summed E-state index contributed by atoms with van der Waals surface area (Å²) >= 11 is 0. The van der Waals surface area contributed by atoms with E-state index in [-0.39, 0.29) is 18.7 Å². The minimum absolute atomic E-state index is 0.0727. The zero-order valence-corrected chi connectivity index (χ0v) is 12.7. The molecule has 0 aliphatic rings. The van der Waals surface area contributed by atoms with Crippen molar-refractivity contribution in [2.24, 2.45) is 5.73 Å². The van der Waals surface area contributed by atoms with Gasteiger partial charge in [0.15, 0.2) is 11.6 Å². The van der Waals surface area contributed by atoms with Crippen LogP contribution in [0, 0.1) is 11.6 Å². The molecule has 0 aliphatic carbocycles. The second-order valence-corrected chi connectivity index (χ2v) is 6.28. The fourth-order valence-electron chi connectivity index (χ4n) is 1.76. The van der Waals surface area contributed by atoms with Gasteiger partial charge in [-0.1, -0.05) is 0 Å². The molecule has 120 valence electrons. The summed E-state index contributed by atoms with van der Waals surface area (Å²) in [6, 6.07) is 1.94. The predicted molar refractivity (Wildman–Crippen MR) is 75.2 cm³/mol. The monoisotopic (exact) mass is 322 g/mol. The summed E-state index contributed by atoms with van der Waals surface area (Å²) < 4.78 is 58.1. The third-order valence-corrected chi connectivity index (χ3v) is 4.36. The Labute approximate surface area is 123 Å². The van der Waals surface area contributed by atoms with Crippen molar-refractivity contribution in [3.8, 4) is 0 Å². The molecule has 0 heterocycles. The number of hydrogen-bond acceptors (Lipinski definition) is 4. The minimum Gasteiger partial charge on any atom is -0.385 e. The SMILES string of the molecule is COCCCCCNS(=O)(=O)c1cc(CN)cc(F)c1F. The van der Waals surface area contributed by atoms with Gasteiger partial charge in [-0.2, -0.15) is 0 Å². The van der Waals surface area contributed by atoms with Crippen molar-refractivity contribution in [2.45, 2.75) is 30.7 Å². The Hall–Kier alpha value is -1.09. The molecule has 0 amide bonds. The Bertz CT molecular complexity index is 565. The fraction of sp³-hybridized carbons (Fsp3) is 0.538. The van der Waals surface area contributed by atoms with Gasteiger partial charge in [0, 0.05) is 26.8 Å². The fourth-order valence-corrected chi connectivity index (χ4v) is 2.97. The summed E-state index contributed by atoms with van der Waals surface area (Å²) in [6.45, 7) is 0.682. The van der Waals surface area contributed by atoms with E-state index >= 15 is 0 Å². The van der Waals surface area contributed by atoms with E-state index < -0.39 is 26.6 Å². The Morgan fingerprint density at radius 2 is 1.95 bits per heavy atom. The molecule has 0 spiro atoms. The summed E-state index contributed by atoms with van der Waals surface area (Å²) in [7, 11) is -2.50. The summed E-state index contributed by atoms with van der Waals surface area (Å²) in [5.74, 6) is -2.61. The van der Waals surface area contributed by atoms with Crippen molar-refractivity contribution in [1.82, 2.24) is 4.72 Å². The number of sulfonamides is 1. The van der Waals surface area contributed by atoms with E-state index in [2.05, 4.69) is 4.72 Å². The number of benzene rings is 1. The van der Waals surface area contributed by atoms with Gasteiger partial charge >= 0.3 is 0 Å². The van der Waals surface area contributed by atoms with Crippen LogP contribution in [0.2, 0.25) is 0 Å². The number of unbranched alkanes of at least 4 members (excludes halogenated alkanes) is 2. The number of rotatable bonds is 9. The molecule has 0 saturated carbocycles. The van der Waals surface area contributed by atoms with Crippen LogP contribution in [0.15, 0.2) is 17.0 Å². The number of hydrogen-bond donors (Lipinski definition) is 2. The van der Waals surface area contributed by atoms with E-state index in [9.17, 15) is 17.2 Å². The van der Waals surface area contributed by atoms with E-state index in [1.54, 1.807) is 7.11 Å². The maximum atomic E-state index is 13.6. The van der Waals surface area contributed by atoms with Gasteiger partial charge in [0.05, 0.1) is 0 Å². The van der Waals surface area contributed by atoms with Crippen LogP contribution in [0.3, 0.4) is 0 Å². The first-order chi connectivity index (χ1) is 9.92. The first-order valence-corrected chi connectivity index (χ1v) is 8.07. The van der Waals surface area contributed by atoms with Gasteiger partial charge in [-0.15, -0.1) is 0 Å². The molecule has 0 aromatic heterocycles. The van der Waals surface area contributed by atoms with E-state index in [1.807, 2.05) is 0 Å². The maximum Gasteiger partial charge on any atom is 0.243 e. The van der Waals surface area contributed by atoms with Crippen molar-refractivity contribution in [2.75, 3.05) is 20.3 Å². The van der Waals surface area contributed by atoms with Crippen LogP contribution < -0.4 is 10.5 Å². The van der Waals surface area contributed by atoms with Crippen LogP contribution in [0.5, 0.6) is 0 Å². The van der Waals surface area contributed by atoms with Crippen LogP contribution in [0.4, 0.5) is 8.78 Å². The number of halogens is 2. The topological polar surface area (TPSA) is 81.4 Å². The summed E-state index contributed by atoms with van der Waals surface area (Å²) in [6.07, 6.45) is 2.17. The largest absolute Gasteiger partial charge is 0.385 e. The van der Waals surface area contributed by atoms with Crippen LogP contribution in [0.1, 0.15) is 24.8 Å². The Morgan fingerprint density at radius 3 is 2.57 bits per heavy atom. The van der Waals surface area contributed by atoms with E-state index in [4.69, 9.17) is 10.5 Å². The molecular weight excluding hydrogens is 302 g/mol.